The van der Waals surface area contributed by atoms with Crippen molar-refractivity contribution >= 4 is 0 Å². The van der Waals surface area contributed by atoms with Crippen LogP contribution in [0.1, 0.15) is 246 Å². The van der Waals surface area contributed by atoms with E-state index in [-0.39, 0.29) is 12.2 Å². The highest BCUT2D eigenvalue weighted by atomic mass is 17.2. The van der Waals surface area contributed by atoms with Crippen molar-refractivity contribution in [1.29, 1.82) is 0 Å². The third kappa shape index (κ3) is 45.6. The number of ether oxygens (including phenoxy) is 4. The van der Waals surface area contributed by atoms with Crippen LogP contribution in [0.2, 0.25) is 0 Å². The largest absolute Gasteiger partial charge is 0.493 e. The molecular formula is C50H98O6. The van der Waals surface area contributed by atoms with Crippen LogP contribution in [0.15, 0.2) is 24.7 Å². The Morgan fingerprint density at radius 2 is 0.571 bits per heavy atom. The smallest absolute Gasteiger partial charge is 0.147 e. The third-order valence-electron chi connectivity index (χ3n) is 10.7. The van der Waals surface area contributed by atoms with Gasteiger partial charge in [0, 0.05) is 13.2 Å². The van der Waals surface area contributed by atoms with E-state index in [1.165, 1.54) is 180 Å². The van der Waals surface area contributed by atoms with Gasteiger partial charge in [0.15, 0.2) is 0 Å². The summed E-state index contributed by atoms with van der Waals surface area (Å²) in [7, 11) is 0. The topological polar surface area (TPSA) is 55.4 Å². The maximum absolute atomic E-state index is 6.04. The second kappa shape index (κ2) is 50.1. The van der Waals surface area contributed by atoms with Gasteiger partial charge >= 0.3 is 0 Å². The second-order valence-electron chi connectivity index (χ2n) is 16.5. The molecule has 0 heterocycles. The summed E-state index contributed by atoms with van der Waals surface area (Å²) in [5.74, 6) is 0. The molecule has 334 valence electrons. The number of unbranched alkanes of at least 4 members (excludes halogenated alkanes) is 30. The van der Waals surface area contributed by atoms with E-state index in [9.17, 15) is 0 Å². The Kier molecular flexibility index (Phi) is 49.1. The molecule has 0 aromatic heterocycles. The van der Waals surface area contributed by atoms with Crippen molar-refractivity contribution in [1.82, 2.24) is 0 Å². The average Bonchev–Trinajstić information content (AvgIpc) is 3.21. The van der Waals surface area contributed by atoms with Gasteiger partial charge in [-0.2, -0.15) is 0 Å². The predicted octanol–water partition coefficient (Wildman–Crippen LogP) is 16.1. The van der Waals surface area contributed by atoms with Gasteiger partial charge in [0.25, 0.3) is 0 Å². The van der Waals surface area contributed by atoms with Crippen molar-refractivity contribution < 1.29 is 28.7 Å². The molecule has 6 heteroatoms. The third-order valence-corrected chi connectivity index (χ3v) is 10.7. The maximum Gasteiger partial charge on any atom is 0.147 e. The van der Waals surface area contributed by atoms with Crippen LogP contribution < -0.4 is 0 Å². The standard InChI is InChI=1S/C50H98O6/c1-5-9-13-17-19-21-23-25-27-29-31-33-35-37-41-51-45-49(53-43-39-15-11-7-3)47-55-56-48-50(54-44-40-16-12-8-4)46-52-42-38-36-34-32-30-28-26-24-22-20-18-14-10-6-2/h39-40,43-44,49-50H,5-38,41-42,45-48H2,1-4H3. The molecule has 0 spiro atoms. The molecule has 0 fully saturated rings. The number of hydrogen-bond donors (Lipinski definition) is 0. The Bertz CT molecular complexity index is 696. The van der Waals surface area contributed by atoms with Gasteiger partial charge in [0.05, 0.1) is 25.7 Å². The first kappa shape index (κ1) is 54.9. The highest BCUT2D eigenvalue weighted by molar-refractivity contribution is 4.76. The summed E-state index contributed by atoms with van der Waals surface area (Å²) < 4.78 is 24.1. The van der Waals surface area contributed by atoms with E-state index >= 15 is 0 Å². The molecule has 6 nitrogen and oxygen atoms in total. The summed E-state index contributed by atoms with van der Waals surface area (Å²) in [5, 5.41) is 0. The van der Waals surface area contributed by atoms with Gasteiger partial charge in [-0.05, 0) is 50.7 Å². The second-order valence-corrected chi connectivity index (χ2v) is 16.5. The minimum absolute atomic E-state index is 0.218. The van der Waals surface area contributed by atoms with Crippen LogP contribution in [-0.2, 0) is 28.7 Å². The Morgan fingerprint density at radius 3 is 0.857 bits per heavy atom. The molecule has 0 rings (SSSR count). The fraction of sp³-hybridized carbons (Fsp3) is 0.920. The maximum atomic E-state index is 6.04. The molecular weight excluding hydrogens is 697 g/mol. The van der Waals surface area contributed by atoms with Gasteiger partial charge in [-0.15, -0.1) is 0 Å². The molecule has 0 aliphatic heterocycles. The van der Waals surface area contributed by atoms with E-state index in [1.54, 1.807) is 12.5 Å². The molecule has 0 aromatic rings. The zero-order chi connectivity index (χ0) is 40.5. The first-order valence-electron chi connectivity index (χ1n) is 24.8. The fourth-order valence-corrected chi connectivity index (χ4v) is 6.84. The van der Waals surface area contributed by atoms with Crippen LogP contribution in [0.3, 0.4) is 0 Å². The number of hydrogen-bond acceptors (Lipinski definition) is 6. The van der Waals surface area contributed by atoms with E-state index in [0.717, 1.165) is 51.7 Å². The summed E-state index contributed by atoms with van der Waals surface area (Å²) in [6.45, 7) is 12.1. The summed E-state index contributed by atoms with van der Waals surface area (Å²) in [6, 6.07) is 0. The van der Waals surface area contributed by atoms with Crippen molar-refractivity contribution in [3.05, 3.63) is 24.7 Å². The molecule has 0 aromatic carbocycles. The van der Waals surface area contributed by atoms with Gasteiger partial charge in [0.1, 0.15) is 25.4 Å². The van der Waals surface area contributed by atoms with Gasteiger partial charge in [-0.3, -0.25) is 0 Å². The zero-order valence-corrected chi connectivity index (χ0v) is 38.2. The van der Waals surface area contributed by atoms with E-state index in [4.69, 9.17) is 28.7 Å². The molecule has 2 atom stereocenters. The predicted molar refractivity (Wildman–Crippen MR) is 241 cm³/mol. The molecule has 0 aliphatic carbocycles. The van der Waals surface area contributed by atoms with Crippen molar-refractivity contribution in [3.8, 4) is 0 Å². The summed E-state index contributed by atoms with van der Waals surface area (Å²) >= 11 is 0. The van der Waals surface area contributed by atoms with E-state index in [0.29, 0.717) is 26.4 Å². The molecule has 0 aliphatic rings. The Labute approximate surface area is 350 Å². The van der Waals surface area contributed by atoms with E-state index in [2.05, 4.69) is 39.8 Å². The highest BCUT2D eigenvalue weighted by Crippen LogP contribution is 2.15. The molecule has 0 saturated heterocycles. The zero-order valence-electron chi connectivity index (χ0n) is 38.2. The van der Waals surface area contributed by atoms with Gasteiger partial charge in [-0.1, -0.05) is 207 Å². The molecule has 0 N–H and O–H groups in total. The van der Waals surface area contributed by atoms with E-state index in [1.807, 2.05) is 0 Å². The molecule has 0 bridgehead atoms. The Morgan fingerprint density at radius 1 is 0.304 bits per heavy atom. The van der Waals surface area contributed by atoms with Crippen molar-refractivity contribution in [3.63, 3.8) is 0 Å². The highest BCUT2D eigenvalue weighted by Gasteiger charge is 2.14. The summed E-state index contributed by atoms with van der Waals surface area (Å²) in [6.07, 6.45) is 52.2. The van der Waals surface area contributed by atoms with Crippen LogP contribution in [0.25, 0.3) is 0 Å². The molecule has 0 radical (unpaired) electrons. The SMILES string of the molecule is CCCCC=COC(COCCCCCCCCCCCCCCCC)COOCC(COCCCCCCCCCCCCCCCC)OC=CCCCC. The molecule has 0 saturated carbocycles. The van der Waals surface area contributed by atoms with Crippen LogP contribution in [0.4, 0.5) is 0 Å². The van der Waals surface area contributed by atoms with E-state index < -0.39 is 0 Å². The lowest BCUT2D eigenvalue weighted by Gasteiger charge is -2.19. The van der Waals surface area contributed by atoms with Gasteiger partial charge < -0.3 is 18.9 Å². The van der Waals surface area contributed by atoms with Crippen LogP contribution >= 0.6 is 0 Å². The van der Waals surface area contributed by atoms with Crippen LogP contribution in [0, 0.1) is 0 Å². The normalized spacial score (nSPS) is 13.0. The fourth-order valence-electron chi connectivity index (χ4n) is 6.84. The lowest BCUT2D eigenvalue weighted by molar-refractivity contribution is -0.318. The minimum atomic E-state index is -0.218. The molecule has 2 unspecified atom stereocenters. The van der Waals surface area contributed by atoms with Crippen molar-refractivity contribution in [2.45, 2.75) is 258 Å². The quantitative estimate of drug-likeness (QED) is 0.0265. The van der Waals surface area contributed by atoms with Crippen molar-refractivity contribution in [2.24, 2.45) is 0 Å². The van der Waals surface area contributed by atoms with Gasteiger partial charge in [0.2, 0.25) is 0 Å². The first-order valence-corrected chi connectivity index (χ1v) is 24.8. The lowest BCUT2D eigenvalue weighted by atomic mass is 10.0. The van der Waals surface area contributed by atoms with Crippen LogP contribution in [0.5, 0.6) is 0 Å². The Balaban J connectivity index is 4.25. The average molecular weight is 795 g/mol. The first-order chi connectivity index (χ1) is 27.8. The van der Waals surface area contributed by atoms with Gasteiger partial charge in [-0.25, -0.2) is 9.78 Å². The molecule has 56 heavy (non-hydrogen) atoms. The monoisotopic (exact) mass is 795 g/mol. The summed E-state index contributed by atoms with van der Waals surface area (Å²) in [5.41, 5.74) is 0. The summed E-state index contributed by atoms with van der Waals surface area (Å²) in [4.78, 5) is 11.3. The lowest BCUT2D eigenvalue weighted by Crippen LogP contribution is -2.28. The minimum Gasteiger partial charge on any atom is -0.493 e. The Hall–Kier alpha value is -1.08. The molecule has 0 amide bonds. The van der Waals surface area contributed by atoms with Crippen LogP contribution in [-0.4, -0.2) is 51.8 Å². The number of rotatable bonds is 49. The van der Waals surface area contributed by atoms with Crippen molar-refractivity contribution in [2.75, 3.05) is 39.6 Å². The number of allylic oxidation sites excluding steroid dienone is 2.